The monoisotopic (exact) mass is 344 g/mol. The summed E-state index contributed by atoms with van der Waals surface area (Å²) in [5, 5.41) is 11.9. The normalized spacial score (nSPS) is 10.7. The summed E-state index contributed by atoms with van der Waals surface area (Å²) in [6, 6.07) is 4.14. The molecule has 0 saturated heterocycles. The first-order valence-corrected chi connectivity index (χ1v) is 9.16. The Labute approximate surface area is 147 Å². The predicted octanol–water partition coefficient (Wildman–Crippen LogP) is 3.65. The summed E-state index contributed by atoms with van der Waals surface area (Å²) in [6.45, 7) is 10.2. The summed E-state index contributed by atoms with van der Waals surface area (Å²) in [7, 11) is 0. The standard InChI is InChI=1S/C18H24N4OS/c1-6-14-15(7-2)21-22-18(19-14)24-10-16(23)20-17-12(4)8-11(3)9-13(17)5/h8-9H,6-7,10H2,1-5H3,(H,20,23). The molecule has 0 unspecified atom stereocenters. The highest BCUT2D eigenvalue weighted by atomic mass is 32.2. The minimum absolute atomic E-state index is 0.0590. The molecule has 6 heteroatoms. The van der Waals surface area contributed by atoms with Gasteiger partial charge in [0.05, 0.1) is 17.1 Å². The molecule has 1 amide bonds. The number of carbonyl (C=O) groups is 1. The van der Waals surface area contributed by atoms with Crippen LogP contribution in [0.25, 0.3) is 0 Å². The van der Waals surface area contributed by atoms with E-state index in [1.807, 2.05) is 27.7 Å². The number of hydrogen-bond donors (Lipinski definition) is 1. The lowest BCUT2D eigenvalue weighted by molar-refractivity contribution is -0.113. The zero-order valence-electron chi connectivity index (χ0n) is 14.9. The molecule has 1 aromatic carbocycles. The summed E-state index contributed by atoms with van der Waals surface area (Å²) in [5.74, 6) is 0.208. The average Bonchev–Trinajstić information content (AvgIpc) is 2.55. The average molecular weight is 344 g/mol. The largest absolute Gasteiger partial charge is 0.325 e. The number of nitrogens with zero attached hydrogens (tertiary/aromatic N) is 3. The number of rotatable bonds is 6. The van der Waals surface area contributed by atoms with Crippen LogP contribution in [-0.4, -0.2) is 26.8 Å². The third-order valence-electron chi connectivity index (χ3n) is 3.76. The first kappa shape index (κ1) is 18.4. The molecular formula is C18H24N4OS. The van der Waals surface area contributed by atoms with Crippen LogP contribution in [0.3, 0.4) is 0 Å². The van der Waals surface area contributed by atoms with Crippen molar-refractivity contribution in [2.45, 2.75) is 52.6 Å². The van der Waals surface area contributed by atoms with Crippen molar-refractivity contribution in [1.29, 1.82) is 0 Å². The molecule has 0 atom stereocenters. The Morgan fingerprint density at radius 2 is 1.67 bits per heavy atom. The van der Waals surface area contributed by atoms with Gasteiger partial charge in [0.1, 0.15) is 0 Å². The molecule has 2 aromatic rings. The van der Waals surface area contributed by atoms with Crippen LogP contribution in [0.2, 0.25) is 0 Å². The second-order valence-corrected chi connectivity index (χ2v) is 6.75. The van der Waals surface area contributed by atoms with E-state index in [1.54, 1.807) is 0 Å². The lowest BCUT2D eigenvalue weighted by atomic mass is 10.1. The van der Waals surface area contributed by atoms with Crippen LogP contribution < -0.4 is 5.32 Å². The van der Waals surface area contributed by atoms with Gasteiger partial charge in [-0.25, -0.2) is 4.98 Å². The molecule has 2 rings (SSSR count). The highest BCUT2D eigenvalue weighted by molar-refractivity contribution is 7.99. The third-order valence-corrected chi connectivity index (χ3v) is 4.60. The Balaban J connectivity index is 2.01. The van der Waals surface area contributed by atoms with Gasteiger partial charge in [0.25, 0.3) is 0 Å². The third kappa shape index (κ3) is 4.54. The van der Waals surface area contributed by atoms with Crippen molar-refractivity contribution in [2.24, 2.45) is 0 Å². The SMILES string of the molecule is CCc1nnc(SCC(=O)Nc2c(C)cc(C)cc2C)nc1CC. The van der Waals surface area contributed by atoms with E-state index >= 15 is 0 Å². The number of hydrogen-bond acceptors (Lipinski definition) is 5. The van der Waals surface area contributed by atoms with E-state index in [0.29, 0.717) is 5.16 Å². The Morgan fingerprint density at radius 3 is 2.25 bits per heavy atom. The summed E-state index contributed by atoms with van der Waals surface area (Å²) >= 11 is 1.31. The smallest absolute Gasteiger partial charge is 0.234 e. The number of nitrogens with one attached hydrogen (secondary N) is 1. The van der Waals surface area contributed by atoms with Gasteiger partial charge in [0.2, 0.25) is 11.1 Å². The molecule has 0 aliphatic carbocycles. The van der Waals surface area contributed by atoms with Gasteiger partial charge in [-0.15, -0.1) is 5.10 Å². The topological polar surface area (TPSA) is 67.8 Å². The zero-order chi connectivity index (χ0) is 17.7. The van der Waals surface area contributed by atoms with Crippen molar-refractivity contribution in [3.63, 3.8) is 0 Å². The van der Waals surface area contributed by atoms with E-state index in [-0.39, 0.29) is 11.7 Å². The Kier molecular flexibility index (Phi) is 6.31. The Morgan fingerprint density at radius 1 is 1.04 bits per heavy atom. The van der Waals surface area contributed by atoms with Crippen LogP contribution in [0, 0.1) is 20.8 Å². The van der Waals surface area contributed by atoms with E-state index < -0.39 is 0 Å². The summed E-state index contributed by atoms with van der Waals surface area (Å²) in [5.41, 5.74) is 6.12. The number of aryl methyl sites for hydroxylation is 5. The molecule has 24 heavy (non-hydrogen) atoms. The number of thioether (sulfide) groups is 1. The molecule has 5 nitrogen and oxygen atoms in total. The molecule has 0 bridgehead atoms. The molecule has 1 N–H and O–H groups in total. The number of anilines is 1. The van der Waals surface area contributed by atoms with Gasteiger partial charge >= 0.3 is 0 Å². The first-order valence-electron chi connectivity index (χ1n) is 8.17. The highest BCUT2D eigenvalue weighted by Crippen LogP contribution is 2.22. The maximum absolute atomic E-state index is 12.2. The minimum atomic E-state index is -0.0590. The van der Waals surface area contributed by atoms with Crippen molar-refractivity contribution in [2.75, 3.05) is 11.1 Å². The van der Waals surface area contributed by atoms with Gasteiger partial charge in [-0.05, 0) is 44.7 Å². The van der Waals surface area contributed by atoms with Crippen LogP contribution in [0.1, 0.15) is 41.9 Å². The van der Waals surface area contributed by atoms with Crippen molar-refractivity contribution < 1.29 is 4.79 Å². The second kappa shape index (κ2) is 8.24. The van der Waals surface area contributed by atoms with E-state index in [0.717, 1.165) is 41.0 Å². The Hall–Kier alpha value is -1.95. The molecule has 0 fully saturated rings. The predicted molar refractivity (Wildman–Crippen MR) is 98.6 cm³/mol. The fourth-order valence-corrected chi connectivity index (χ4v) is 3.27. The maximum Gasteiger partial charge on any atom is 0.234 e. The number of aromatic nitrogens is 3. The molecule has 0 aliphatic rings. The van der Waals surface area contributed by atoms with Gasteiger partial charge < -0.3 is 5.32 Å². The summed E-state index contributed by atoms with van der Waals surface area (Å²) < 4.78 is 0. The quantitative estimate of drug-likeness (QED) is 0.810. The van der Waals surface area contributed by atoms with Gasteiger partial charge in [0, 0.05) is 5.69 Å². The van der Waals surface area contributed by atoms with Crippen LogP contribution in [0.4, 0.5) is 5.69 Å². The number of carbonyl (C=O) groups excluding carboxylic acids is 1. The molecule has 0 aliphatic heterocycles. The van der Waals surface area contributed by atoms with Crippen molar-refractivity contribution >= 4 is 23.4 Å². The van der Waals surface area contributed by atoms with Crippen LogP contribution in [0.15, 0.2) is 17.3 Å². The van der Waals surface area contributed by atoms with Crippen LogP contribution in [0.5, 0.6) is 0 Å². The van der Waals surface area contributed by atoms with Gasteiger partial charge in [-0.2, -0.15) is 5.10 Å². The molecular weight excluding hydrogens is 320 g/mol. The van der Waals surface area contributed by atoms with Crippen molar-refractivity contribution in [1.82, 2.24) is 15.2 Å². The maximum atomic E-state index is 12.2. The van der Waals surface area contributed by atoms with Gasteiger partial charge in [-0.3, -0.25) is 4.79 Å². The molecule has 128 valence electrons. The van der Waals surface area contributed by atoms with Crippen molar-refractivity contribution in [3.05, 3.63) is 40.2 Å². The fraction of sp³-hybridized carbons (Fsp3) is 0.444. The van der Waals surface area contributed by atoms with E-state index in [9.17, 15) is 4.79 Å². The van der Waals surface area contributed by atoms with E-state index in [2.05, 4.69) is 39.6 Å². The van der Waals surface area contributed by atoms with Crippen LogP contribution in [-0.2, 0) is 17.6 Å². The molecule has 1 heterocycles. The van der Waals surface area contributed by atoms with Gasteiger partial charge in [0.15, 0.2) is 0 Å². The molecule has 0 spiro atoms. The number of amides is 1. The summed E-state index contributed by atoms with van der Waals surface area (Å²) in [4.78, 5) is 16.7. The van der Waals surface area contributed by atoms with E-state index in [4.69, 9.17) is 0 Å². The fourth-order valence-electron chi connectivity index (χ4n) is 2.67. The Bertz CT molecular complexity index is 723. The van der Waals surface area contributed by atoms with Gasteiger partial charge in [-0.1, -0.05) is 43.3 Å². The first-order chi connectivity index (χ1) is 11.4. The van der Waals surface area contributed by atoms with Crippen molar-refractivity contribution in [3.8, 4) is 0 Å². The molecule has 0 radical (unpaired) electrons. The molecule has 1 aromatic heterocycles. The number of benzene rings is 1. The lowest BCUT2D eigenvalue weighted by Crippen LogP contribution is -2.16. The second-order valence-electron chi connectivity index (χ2n) is 5.81. The zero-order valence-corrected chi connectivity index (χ0v) is 15.8. The minimum Gasteiger partial charge on any atom is -0.325 e. The summed E-state index contributed by atoms with van der Waals surface area (Å²) in [6.07, 6.45) is 1.64. The molecule has 0 saturated carbocycles. The van der Waals surface area contributed by atoms with E-state index in [1.165, 1.54) is 17.3 Å². The highest BCUT2D eigenvalue weighted by Gasteiger charge is 2.11. The van der Waals surface area contributed by atoms with Crippen LogP contribution >= 0.6 is 11.8 Å². The lowest BCUT2D eigenvalue weighted by Gasteiger charge is -2.12.